The summed E-state index contributed by atoms with van der Waals surface area (Å²) in [5, 5.41) is 30.7. The van der Waals surface area contributed by atoms with Crippen LogP contribution in [-0.4, -0.2) is 83.2 Å². The number of methoxy groups -OCH3 is 1. The lowest BCUT2D eigenvalue weighted by atomic mass is 9.98. The molecule has 0 fully saturated rings. The molecule has 1 aliphatic carbocycles. The maximum absolute atomic E-state index is 13.9. The number of rotatable bonds is 18. The Morgan fingerprint density at radius 3 is 1.91 bits per heavy atom. The van der Waals surface area contributed by atoms with Gasteiger partial charge in [0, 0.05) is 44.6 Å². The molecule has 2 aromatic rings. The van der Waals surface area contributed by atoms with Crippen molar-refractivity contribution in [1.29, 1.82) is 5.41 Å². The van der Waals surface area contributed by atoms with Crippen molar-refractivity contribution in [1.82, 2.24) is 21.3 Å². The van der Waals surface area contributed by atoms with Gasteiger partial charge in [0.1, 0.15) is 18.1 Å². The summed E-state index contributed by atoms with van der Waals surface area (Å²) < 4.78 is 4.81. The summed E-state index contributed by atoms with van der Waals surface area (Å²) in [4.78, 5) is 75.6. The van der Waals surface area contributed by atoms with Gasteiger partial charge in [-0.2, -0.15) is 12.6 Å². The number of nitrogens with zero attached hydrogens (tertiary/aromatic N) is 1. The first-order valence-corrected chi connectivity index (χ1v) is 18.5. The average molecular weight is 767 g/mol. The molecule has 3 rings (SSSR count). The zero-order valence-electron chi connectivity index (χ0n) is 30.0. The summed E-state index contributed by atoms with van der Waals surface area (Å²) in [7, 11) is 1.16. The van der Waals surface area contributed by atoms with Gasteiger partial charge in [-0.3, -0.25) is 34.7 Å². The van der Waals surface area contributed by atoms with Gasteiger partial charge in [0.2, 0.25) is 17.7 Å². The molecule has 3 unspecified atom stereocenters. The highest BCUT2D eigenvalue weighted by atomic mass is 32.2. The topological polar surface area (TPSA) is 210 Å². The van der Waals surface area contributed by atoms with Crippen molar-refractivity contribution in [2.75, 3.05) is 25.7 Å². The Balaban J connectivity index is 0.00000477. The second-order valence-electron chi connectivity index (χ2n) is 11.4. The van der Waals surface area contributed by atoms with Crippen LogP contribution in [0.1, 0.15) is 37.8 Å². The normalized spacial score (nSPS) is 14.5. The van der Waals surface area contributed by atoms with E-state index < -0.39 is 46.7 Å². The Kier molecular flexibility index (Phi) is 19.4. The first-order chi connectivity index (χ1) is 25.4. The molecule has 3 amide bonds. The van der Waals surface area contributed by atoms with Crippen molar-refractivity contribution in [2.24, 2.45) is 0 Å². The number of nitrogens with one attached hydrogen (secondary N) is 5. The van der Waals surface area contributed by atoms with Gasteiger partial charge in [0.05, 0.1) is 29.0 Å². The molecule has 0 spiro atoms. The van der Waals surface area contributed by atoms with E-state index in [4.69, 9.17) is 10.1 Å². The maximum Gasteiger partial charge on any atom is 0.329 e. The van der Waals surface area contributed by atoms with Gasteiger partial charge in [-0.15, -0.1) is 0 Å². The molecule has 0 saturated heterocycles. The van der Waals surface area contributed by atoms with Gasteiger partial charge in [-0.1, -0.05) is 85.4 Å². The summed E-state index contributed by atoms with van der Waals surface area (Å²) >= 11 is 4.37. The van der Waals surface area contributed by atoms with E-state index in [0.29, 0.717) is 12.1 Å². The van der Waals surface area contributed by atoms with Crippen LogP contribution in [-0.2, 0) is 41.6 Å². The van der Waals surface area contributed by atoms with E-state index >= 15 is 0 Å². The smallest absolute Gasteiger partial charge is 0.329 e. The number of carbonyl (C=O) groups is 5. The average Bonchev–Trinajstić information content (AvgIpc) is 3.15. The molecule has 3 atom stereocenters. The molecule has 0 aliphatic heterocycles. The van der Waals surface area contributed by atoms with Gasteiger partial charge >= 0.3 is 5.97 Å². The van der Waals surface area contributed by atoms with Crippen molar-refractivity contribution in [3.05, 3.63) is 117 Å². The fourth-order valence-corrected chi connectivity index (χ4v) is 5.70. The molecule has 5 N–H and O–H groups in total. The molecule has 284 valence electrons. The molecular formula is C37H46N6O8S2. The van der Waals surface area contributed by atoms with Crippen molar-refractivity contribution in [3.8, 4) is 0 Å². The van der Waals surface area contributed by atoms with Crippen LogP contribution >= 0.6 is 24.4 Å². The maximum atomic E-state index is 13.9. The number of thioether (sulfide) groups is 1. The van der Waals surface area contributed by atoms with Crippen LogP contribution in [0, 0.1) is 15.5 Å². The Labute approximate surface area is 318 Å². The molecule has 2 aromatic carbocycles. The van der Waals surface area contributed by atoms with Crippen LogP contribution in [0.2, 0.25) is 0 Å². The Hall–Kier alpha value is -5.22. The van der Waals surface area contributed by atoms with Crippen LogP contribution in [0.25, 0.3) is 0 Å². The zero-order valence-corrected chi connectivity index (χ0v) is 31.8. The molecule has 0 bridgehead atoms. The minimum absolute atomic E-state index is 0.0597. The molecule has 16 heteroatoms. The molecule has 0 radical (unpaired) electrons. The Morgan fingerprint density at radius 2 is 1.42 bits per heavy atom. The number of esters is 1. The predicted molar refractivity (Wildman–Crippen MR) is 208 cm³/mol. The van der Waals surface area contributed by atoms with Crippen molar-refractivity contribution >= 4 is 58.9 Å². The molecular weight excluding hydrogens is 721 g/mol. The summed E-state index contributed by atoms with van der Waals surface area (Å²) in [5.74, 6) is -2.65. The number of nitro groups is 1. The van der Waals surface area contributed by atoms with Gasteiger partial charge < -0.3 is 26.0 Å². The standard InChI is InChI=1S/C36H42N6O8S.CH4S/c1-4-11-26-31(42(48)49)17-16-27(33(26)37)38-19-18-32(44)39-28(20-24-12-7-5-8-13-24)34(45)40-29(21-25-14-9-6-10-15-25)35(46)41-30(36(47)50-3)22-51-23(2)43;1-2/h5-17,28-30,37-38H,4,18-22H2,1-3H3,(H,39,44)(H,40,45)(H,41,46);2H,1H3/b26-11+,37-33?;. The number of ether oxygens (including phenoxy) is 1. The largest absolute Gasteiger partial charge is 0.467 e. The molecule has 0 heterocycles. The lowest BCUT2D eigenvalue weighted by Crippen LogP contribution is -2.57. The monoisotopic (exact) mass is 766 g/mol. The fourth-order valence-electron chi connectivity index (χ4n) is 5.08. The van der Waals surface area contributed by atoms with Gasteiger partial charge in [-0.05, 0) is 29.9 Å². The minimum Gasteiger partial charge on any atom is -0.467 e. The number of hydrogen-bond donors (Lipinski definition) is 6. The predicted octanol–water partition coefficient (Wildman–Crippen LogP) is 3.32. The number of hydrogen-bond acceptors (Lipinski definition) is 12. The third-order valence-corrected chi connectivity index (χ3v) is 8.51. The first kappa shape index (κ1) is 43.9. The summed E-state index contributed by atoms with van der Waals surface area (Å²) in [6.07, 6.45) is 6.55. The summed E-state index contributed by atoms with van der Waals surface area (Å²) in [6.45, 7) is 3.20. The SMILES string of the molecule is CC/C=C1/C(=N)C(NCCC(=O)NC(Cc2ccccc2)C(=O)NC(Cc2ccccc2)C(=O)NC(CSC(C)=O)C(=O)OC)=CC=C1[N+](=O)[O-].CS. The van der Waals surface area contributed by atoms with Crippen LogP contribution in [0.5, 0.6) is 0 Å². The molecule has 53 heavy (non-hydrogen) atoms. The van der Waals surface area contributed by atoms with Gasteiger partial charge in [0.15, 0.2) is 5.12 Å². The second kappa shape index (κ2) is 23.4. The fraction of sp³-hybridized carbons (Fsp3) is 0.351. The summed E-state index contributed by atoms with van der Waals surface area (Å²) in [6, 6.07) is 14.5. The lowest BCUT2D eigenvalue weighted by molar-refractivity contribution is -0.420. The van der Waals surface area contributed by atoms with Crippen LogP contribution < -0.4 is 21.3 Å². The van der Waals surface area contributed by atoms with E-state index in [1.54, 1.807) is 73.9 Å². The highest BCUT2D eigenvalue weighted by Gasteiger charge is 2.31. The van der Waals surface area contributed by atoms with Crippen LogP contribution in [0.4, 0.5) is 0 Å². The molecule has 0 saturated carbocycles. The van der Waals surface area contributed by atoms with E-state index in [2.05, 4.69) is 33.9 Å². The summed E-state index contributed by atoms with van der Waals surface area (Å²) in [5.41, 5.74) is 1.71. The minimum atomic E-state index is -1.17. The third kappa shape index (κ3) is 14.7. The van der Waals surface area contributed by atoms with E-state index in [-0.39, 0.29) is 53.7 Å². The first-order valence-electron chi connectivity index (χ1n) is 16.7. The number of thiol groups is 1. The molecule has 0 aromatic heterocycles. The molecule has 14 nitrogen and oxygen atoms in total. The zero-order chi connectivity index (χ0) is 39.3. The van der Waals surface area contributed by atoms with E-state index in [9.17, 15) is 34.1 Å². The quantitative estimate of drug-likeness (QED) is 0.0565. The van der Waals surface area contributed by atoms with Gasteiger partial charge in [-0.25, -0.2) is 4.79 Å². The van der Waals surface area contributed by atoms with E-state index in [1.807, 2.05) is 6.07 Å². The van der Waals surface area contributed by atoms with Crippen molar-refractivity contribution in [2.45, 2.75) is 57.7 Å². The van der Waals surface area contributed by atoms with Crippen LogP contribution in [0.3, 0.4) is 0 Å². The Morgan fingerprint density at radius 1 is 0.887 bits per heavy atom. The second-order valence-corrected chi connectivity index (χ2v) is 12.6. The Bertz CT molecular complexity index is 1700. The van der Waals surface area contributed by atoms with Crippen molar-refractivity contribution in [3.63, 3.8) is 0 Å². The lowest BCUT2D eigenvalue weighted by Gasteiger charge is -2.25. The highest BCUT2D eigenvalue weighted by Crippen LogP contribution is 2.21. The number of benzene rings is 2. The number of allylic oxidation sites excluding steroid dienone is 5. The molecule has 1 aliphatic rings. The number of carbonyl (C=O) groups excluding carboxylic acids is 5. The van der Waals surface area contributed by atoms with E-state index in [0.717, 1.165) is 30.0 Å². The van der Waals surface area contributed by atoms with Crippen LogP contribution in [0.15, 0.2) is 95.9 Å². The van der Waals surface area contributed by atoms with E-state index in [1.165, 1.54) is 19.1 Å². The van der Waals surface area contributed by atoms with Gasteiger partial charge in [0.25, 0.3) is 5.70 Å². The van der Waals surface area contributed by atoms with Crippen molar-refractivity contribution < 1.29 is 33.6 Å². The highest BCUT2D eigenvalue weighted by molar-refractivity contribution is 8.13. The number of amides is 3. The third-order valence-electron chi connectivity index (χ3n) is 7.60.